The number of hydrogen-bond acceptors (Lipinski definition) is 4. The molecule has 3 heterocycles. The van der Waals surface area contributed by atoms with Gasteiger partial charge in [-0.15, -0.1) is 0 Å². The fraction of sp³-hybridized carbons (Fsp3) is 0.217. The molecule has 0 atom stereocenters. The lowest BCUT2D eigenvalue weighted by Crippen LogP contribution is -2.19. The van der Waals surface area contributed by atoms with Gasteiger partial charge in [-0.3, -0.25) is 14.3 Å². The van der Waals surface area contributed by atoms with Crippen LogP contribution in [0.25, 0.3) is 33.4 Å². The first-order chi connectivity index (χ1) is 15.4. The molecule has 32 heavy (non-hydrogen) atoms. The Labute approximate surface area is 182 Å². The van der Waals surface area contributed by atoms with E-state index in [-0.39, 0.29) is 17.7 Å². The van der Waals surface area contributed by atoms with Gasteiger partial charge in [-0.05, 0) is 37.1 Å². The predicted octanol–water partition coefficient (Wildman–Crippen LogP) is 3.48. The summed E-state index contributed by atoms with van der Waals surface area (Å²) in [6.07, 6.45) is 4.93. The number of pyridine rings is 1. The summed E-state index contributed by atoms with van der Waals surface area (Å²) in [5.41, 5.74) is 2.95. The van der Waals surface area contributed by atoms with E-state index in [9.17, 15) is 9.59 Å². The van der Waals surface area contributed by atoms with Gasteiger partial charge in [-0.25, -0.2) is 9.37 Å². The van der Waals surface area contributed by atoms with Crippen LogP contribution in [0.4, 0.5) is 10.2 Å². The standard InChI is InChI=1S/C23H21FN6O2/c1-25-23(32)16-11-26-21(28-22(31)12-3-4-12)20-15(16)10-19(27-20)14-6-5-13(9-17(14)24)18-7-8-30(2)29-18/h5-12,27H,3-4H2,1-2H3,(H,25,32)(H,26,28,31). The fourth-order valence-electron chi connectivity index (χ4n) is 3.70. The molecule has 1 fully saturated rings. The van der Waals surface area contributed by atoms with Crippen molar-refractivity contribution in [2.75, 3.05) is 12.4 Å². The molecule has 5 rings (SSSR count). The molecule has 2 amide bonds. The van der Waals surface area contributed by atoms with Gasteiger partial charge in [0.15, 0.2) is 5.82 Å². The van der Waals surface area contributed by atoms with Crippen LogP contribution in [-0.4, -0.2) is 38.6 Å². The molecule has 0 radical (unpaired) electrons. The highest BCUT2D eigenvalue weighted by Crippen LogP contribution is 2.34. The number of benzene rings is 1. The lowest BCUT2D eigenvalue weighted by Gasteiger charge is -2.07. The average molecular weight is 432 g/mol. The number of H-pyrrole nitrogens is 1. The SMILES string of the molecule is CNC(=O)c1cnc(NC(=O)C2CC2)c2[nH]c(-c3ccc(-c4ccn(C)n4)cc3F)cc12. The maximum atomic E-state index is 15.1. The summed E-state index contributed by atoms with van der Waals surface area (Å²) in [6.45, 7) is 0. The third kappa shape index (κ3) is 3.51. The highest BCUT2D eigenvalue weighted by molar-refractivity contribution is 6.11. The van der Waals surface area contributed by atoms with Crippen LogP contribution >= 0.6 is 0 Å². The average Bonchev–Trinajstić information content (AvgIpc) is 3.40. The predicted molar refractivity (Wildman–Crippen MR) is 118 cm³/mol. The Hall–Kier alpha value is -4.01. The van der Waals surface area contributed by atoms with E-state index in [1.807, 2.05) is 6.07 Å². The lowest BCUT2D eigenvalue weighted by atomic mass is 10.1. The molecule has 1 aliphatic carbocycles. The van der Waals surface area contributed by atoms with Crippen molar-refractivity contribution >= 4 is 28.5 Å². The molecule has 4 aromatic rings. The molecule has 3 aromatic heterocycles. The van der Waals surface area contributed by atoms with Crippen molar-refractivity contribution in [2.24, 2.45) is 13.0 Å². The fourth-order valence-corrected chi connectivity index (χ4v) is 3.70. The first-order valence-corrected chi connectivity index (χ1v) is 10.3. The van der Waals surface area contributed by atoms with Crippen molar-refractivity contribution < 1.29 is 14.0 Å². The van der Waals surface area contributed by atoms with E-state index in [1.54, 1.807) is 36.1 Å². The largest absolute Gasteiger partial charge is 0.355 e. The van der Waals surface area contributed by atoms with Gasteiger partial charge in [0.2, 0.25) is 5.91 Å². The third-order valence-electron chi connectivity index (χ3n) is 5.60. The van der Waals surface area contributed by atoms with Gasteiger partial charge in [0, 0.05) is 54.6 Å². The summed E-state index contributed by atoms with van der Waals surface area (Å²) < 4.78 is 16.7. The summed E-state index contributed by atoms with van der Waals surface area (Å²) >= 11 is 0. The maximum Gasteiger partial charge on any atom is 0.253 e. The lowest BCUT2D eigenvalue weighted by molar-refractivity contribution is -0.117. The van der Waals surface area contributed by atoms with Crippen LogP contribution in [0, 0.1) is 11.7 Å². The van der Waals surface area contributed by atoms with E-state index in [0.29, 0.717) is 44.8 Å². The first-order valence-electron chi connectivity index (χ1n) is 10.3. The second-order valence-electron chi connectivity index (χ2n) is 7.90. The van der Waals surface area contributed by atoms with Crippen molar-refractivity contribution in [1.82, 2.24) is 25.1 Å². The Morgan fingerprint density at radius 1 is 1.22 bits per heavy atom. The zero-order chi connectivity index (χ0) is 22.4. The van der Waals surface area contributed by atoms with E-state index in [1.165, 1.54) is 19.3 Å². The van der Waals surface area contributed by atoms with Crippen molar-refractivity contribution in [2.45, 2.75) is 12.8 Å². The number of carbonyl (C=O) groups is 2. The Bertz CT molecular complexity index is 1370. The molecular formula is C23H21FN6O2. The molecule has 0 aliphatic heterocycles. The zero-order valence-electron chi connectivity index (χ0n) is 17.6. The summed E-state index contributed by atoms with van der Waals surface area (Å²) in [7, 11) is 3.33. The van der Waals surface area contributed by atoms with E-state index < -0.39 is 5.82 Å². The Balaban J connectivity index is 1.59. The van der Waals surface area contributed by atoms with E-state index >= 15 is 4.39 Å². The number of fused-ring (bicyclic) bond motifs is 1. The quantitative estimate of drug-likeness (QED) is 0.449. The number of aryl methyl sites for hydroxylation is 1. The first kappa shape index (κ1) is 19.9. The smallest absolute Gasteiger partial charge is 0.253 e. The summed E-state index contributed by atoms with van der Waals surface area (Å²) in [5.74, 6) is -0.539. The van der Waals surface area contributed by atoms with E-state index in [0.717, 1.165) is 12.8 Å². The minimum Gasteiger partial charge on any atom is -0.355 e. The van der Waals surface area contributed by atoms with Gasteiger partial charge in [0.1, 0.15) is 5.82 Å². The number of nitrogens with one attached hydrogen (secondary N) is 3. The number of aromatic amines is 1. The van der Waals surface area contributed by atoms with Gasteiger partial charge < -0.3 is 15.6 Å². The molecule has 162 valence electrons. The molecule has 0 saturated heterocycles. The molecule has 3 N–H and O–H groups in total. The van der Waals surface area contributed by atoms with Gasteiger partial charge in [-0.2, -0.15) is 5.10 Å². The molecular weight excluding hydrogens is 411 g/mol. The molecule has 0 spiro atoms. The summed E-state index contributed by atoms with van der Waals surface area (Å²) in [6, 6.07) is 8.40. The van der Waals surface area contributed by atoms with E-state index in [2.05, 4.69) is 25.7 Å². The number of hydrogen-bond donors (Lipinski definition) is 3. The van der Waals surface area contributed by atoms with Crippen LogP contribution in [0.3, 0.4) is 0 Å². The molecule has 9 heteroatoms. The minimum atomic E-state index is -0.433. The van der Waals surface area contributed by atoms with Crippen LogP contribution in [0.2, 0.25) is 0 Å². The third-order valence-corrected chi connectivity index (χ3v) is 5.60. The molecule has 1 aliphatic rings. The maximum absolute atomic E-state index is 15.1. The van der Waals surface area contributed by atoms with Crippen molar-refractivity contribution in [3.63, 3.8) is 0 Å². The Morgan fingerprint density at radius 3 is 2.69 bits per heavy atom. The van der Waals surface area contributed by atoms with Crippen molar-refractivity contribution in [1.29, 1.82) is 0 Å². The number of rotatable bonds is 5. The normalized spacial score (nSPS) is 13.3. The van der Waals surface area contributed by atoms with Gasteiger partial charge in [0.25, 0.3) is 5.91 Å². The number of anilines is 1. The van der Waals surface area contributed by atoms with Crippen molar-refractivity contribution in [3.8, 4) is 22.5 Å². The highest BCUT2D eigenvalue weighted by Gasteiger charge is 2.30. The van der Waals surface area contributed by atoms with Gasteiger partial charge >= 0.3 is 0 Å². The van der Waals surface area contributed by atoms with Crippen molar-refractivity contribution in [3.05, 3.63) is 54.1 Å². The molecule has 0 bridgehead atoms. The molecule has 1 saturated carbocycles. The monoisotopic (exact) mass is 432 g/mol. The van der Waals surface area contributed by atoms with Crippen LogP contribution in [-0.2, 0) is 11.8 Å². The second kappa shape index (κ2) is 7.60. The van der Waals surface area contributed by atoms with Crippen LogP contribution in [0.15, 0.2) is 42.7 Å². The molecule has 1 aromatic carbocycles. The highest BCUT2D eigenvalue weighted by atomic mass is 19.1. The zero-order valence-corrected chi connectivity index (χ0v) is 17.6. The number of aromatic nitrogens is 4. The topological polar surface area (TPSA) is 105 Å². The Morgan fingerprint density at radius 2 is 2.03 bits per heavy atom. The molecule has 0 unspecified atom stereocenters. The van der Waals surface area contributed by atoms with Gasteiger partial charge in [-0.1, -0.05) is 6.07 Å². The molecule has 8 nitrogen and oxygen atoms in total. The van der Waals surface area contributed by atoms with Gasteiger partial charge in [0.05, 0.1) is 16.8 Å². The number of nitrogens with zero attached hydrogens (tertiary/aromatic N) is 3. The minimum absolute atomic E-state index is 0.00326. The van der Waals surface area contributed by atoms with Crippen LogP contribution in [0.5, 0.6) is 0 Å². The number of carbonyl (C=O) groups excluding carboxylic acids is 2. The second-order valence-corrected chi connectivity index (χ2v) is 7.90. The number of amides is 2. The number of halogens is 1. The Kier molecular flexibility index (Phi) is 4.73. The summed E-state index contributed by atoms with van der Waals surface area (Å²) in [5, 5.41) is 10.3. The van der Waals surface area contributed by atoms with E-state index in [4.69, 9.17) is 0 Å². The van der Waals surface area contributed by atoms with Crippen LogP contribution in [0.1, 0.15) is 23.2 Å². The summed E-state index contributed by atoms with van der Waals surface area (Å²) in [4.78, 5) is 32.1. The van der Waals surface area contributed by atoms with Crippen LogP contribution < -0.4 is 10.6 Å².